The third-order valence-electron chi connectivity index (χ3n) is 1.96. The normalized spacial score (nSPS) is 11.2. The number of halogens is 2. The van der Waals surface area contributed by atoms with E-state index >= 15 is 0 Å². The molecule has 0 radical (unpaired) electrons. The maximum atomic E-state index is 11.4. The number of ether oxygens (including phenoxy) is 1. The van der Waals surface area contributed by atoms with E-state index in [1.807, 2.05) is 0 Å². The molecule has 4 nitrogen and oxygen atoms in total. The van der Waals surface area contributed by atoms with Crippen molar-refractivity contribution in [1.29, 1.82) is 0 Å². The summed E-state index contributed by atoms with van der Waals surface area (Å²) in [4.78, 5) is 11.3. The predicted molar refractivity (Wildman–Crippen MR) is 67.5 cm³/mol. The summed E-state index contributed by atoms with van der Waals surface area (Å²) in [6.07, 6.45) is -0.142. The molecule has 0 atom stereocenters. The molecule has 0 N–H and O–H groups in total. The van der Waals surface area contributed by atoms with Crippen LogP contribution in [0.15, 0.2) is 27.6 Å². The minimum absolute atomic E-state index is 0.0819. The molecule has 0 saturated carbocycles. The summed E-state index contributed by atoms with van der Waals surface area (Å²) in [6.45, 7) is 1.92. The Morgan fingerprint density at radius 1 is 1.47 bits per heavy atom. The Balaban J connectivity index is 3.18. The minimum atomic E-state index is -3.88. The van der Waals surface area contributed by atoms with Gasteiger partial charge in [0.1, 0.15) is 0 Å². The van der Waals surface area contributed by atoms with E-state index in [9.17, 15) is 13.2 Å². The topological polar surface area (TPSA) is 60.4 Å². The highest BCUT2D eigenvalue weighted by molar-refractivity contribution is 9.10. The van der Waals surface area contributed by atoms with Crippen molar-refractivity contribution in [1.82, 2.24) is 0 Å². The van der Waals surface area contributed by atoms with Crippen LogP contribution in [0.1, 0.15) is 12.5 Å². The molecule has 7 heteroatoms. The lowest BCUT2D eigenvalue weighted by Crippen LogP contribution is -2.10. The summed E-state index contributed by atoms with van der Waals surface area (Å²) in [6, 6.07) is 4.52. The number of esters is 1. The van der Waals surface area contributed by atoms with Crippen molar-refractivity contribution >= 4 is 41.6 Å². The van der Waals surface area contributed by atoms with Crippen LogP contribution >= 0.6 is 26.6 Å². The molecular weight excluding hydrogens is 332 g/mol. The maximum absolute atomic E-state index is 11.4. The molecule has 0 unspecified atom stereocenters. The van der Waals surface area contributed by atoms with E-state index in [1.54, 1.807) is 13.0 Å². The second kappa shape index (κ2) is 5.84. The standard InChI is InChI=1S/C10H10BrClO4S/c1-2-16-10(13)6-7-8(11)4-3-5-9(7)17(12,14)15/h3-5H,2,6H2,1H3. The molecule has 0 aromatic heterocycles. The van der Waals surface area contributed by atoms with Gasteiger partial charge in [-0.3, -0.25) is 4.79 Å². The molecule has 1 rings (SSSR count). The summed E-state index contributed by atoms with van der Waals surface area (Å²) in [5.74, 6) is -0.499. The Morgan fingerprint density at radius 2 is 2.12 bits per heavy atom. The Labute approximate surface area is 112 Å². The summed E-state index contributed by atoms with van der Waals surface area (Å²) in [5.41, 5.74) is 0.306. The summed E-state index contributed by atoms with van der Waals surface area (Å²) < 4.78 is 28.0. The van der Waals surface area contributed by atoms with Crippen LogP contribution < -0.4 is 0 Å². The molecular formula is C10H10BrClO4S. The zero-order valence-electron chi connectivity index (χ0n) is 8.94. The molecule has 94 valence electrons. The highest BCUT2D eigenvalue weighted by Gasteiger charge is 2.20. The van der Waals surface area contributed by atoms with E-state index in [0.717, 1.165) is 0 Å². The highest BCUT2D eigenvalue weighted by atomic mass is 79.9. The Bertz CT molecular complexity index is 527. The lowest BCUT2D eigenvalue weighted by Gasteiger charge is -2.08. The van der Waals surface area contributed by atoms with Gasteiger partial charge in [-0.1, -0.05) is 22.0 Å². The zero-order chi connectivity index (χ0) is 13.1. The predicted octanol–water partition coefficient (Wildman–Crippen LogP) is 2.48. The first-order valence-electron chi connectivity index (χ1n) is 4.74. The summed E-state index contributed by atoms with van der Waals surface area (Å²) in [5, 5.41) is 0. The van der Waals surface area contributed by atoms with Crippen molar-refractivity contribution in [2.45, 2.75) is 18.2 Å². The van der Waals surface area contributed by atoms with Crippen LogP contribution in [-0.4, -0.2) is 21.0 Å². The number of benzene rings is 1. The average molecular weight is 342 g/mol. The van der Waals surface area contributed by atoms with Crippen molar-refractivity contribution < 1.29 is 17.9 Å². The molecule has 0 amide bonds. The van der Waals surface area contributed by atoms with Gasteiger partial charge in [0, 0.05) is 15.2 Å². The lowest BCUT2D eigenvalue weighted by atomic mass is 10.1. The van der Waals surface area contributed by atoms with Gasteiger partial charge in [0.2, 0.25) is 0 Å². The van der Waals surface area contributed by atoms with Crippen LogP contribution in [0.2, 0.25) is 0 Å². The minimum Gasteiger partial charge on any atom is -0.466 e. The zero-order valence-corrected chi connectivity index (χ0v) is 12.1. The molecule has 0 aliphatic rings. The van der Waals surface area contributed by atoms with E-state index < -0.39 is 15.0 Å². The van der Waals surface area contributed by atoms with Crippen LogP contribution in [0.4, 0.5) is 0 Å². The van der Waals surface area contributed by atoms with Crippen LogP contribution in [0.5, 0.6) is 0 Å². The lowest BCUT2D eigenvalue weighted by molar-refractivity contribution is -0.142. The third-order valence-corrected chi connectivity index (χ3v) is 4.11. The van der Waals surface area contributed by atoms with Crippen molar-refractivity contribution in [2.75, 3.05) is 6.61 Å². The Kier molecular flexibility index (Phi) is 4.97. The van der Waals surface area contributed by atoms with Gasteiger partial charge in [0.15, 0.2) is 0 Å². The fourth-order valence-electron chi connectivity index (χ4n) is 1.30. The number of hydrogen-bond acceptors (Lipinski definition) is 4. The molecule has 1 aromatic rings. The molecule has 0 aliphatic heterocycles. The van der Waals surface area contributed by atoms with Gasteiger partial charge in [0.25, 0.3) is 9.05 Å². The molecule has 0 bridgehead atoms. The van der Waals surface area contributed by atoms with Gasteiger partial charge in [-0.25, -0.2) is 8.42 Å². The van der Waals surface area contributed by atoms with Gasteiger partial charge in [-0.2, -0.15) is 0 Å². The quantitative estimate of drug-likeness (QED) is 0.623. The summed E-state index contributed by atoms with van der Waals surface area (Å²) >= 11 is 3.19. The molecule has 0 fully saturated rings. The van der Waals surface area contributed by atoms with Crippen LogP contribution in [0.25, 0.3) is 0 Å². The Hall–Kier alpha value is -0.590. The van der Waals surface area contributed by atoms with E-state index in [4.69, 9.17) is 15.4 Å². The molecule has 1 aromatic carbocycles. The van der Waals surface area contributed by atoms with Crippen LogP contribution in [0.3, 0.4) is 0 Å². The van der Waals surface area contributed by atoms with Gasteiger partial charge >= 0.3 is 5.97 Å². The van der Waals surface area contributed by atoms with Gasteiger partial charge in [-0.05, 0) is 24.6 Å². The average Bonchev–Trinajstić information content (AvgIpc) is 2.19. The smallest absolute Gasteiger partial charge is 0.310 e. The number of hydrogen-bond donors (Lipinski definition) is 0. The summed E-state index contributed by atoms with van der Waals surface area (Å²) in [7, 11) is 1.41. The fourth-order valence-corrected chi connectivity index (χ4v) is 3.08. The van der Waals surface area contributed by atoms with Gasteiger partial charge in [-0.15, -0.1) is 0 Å². The molecule has 0 aliphatic carbocycles. The number of carbonyl (C=O) groups is 1. The van der Waals surface area contributed by atoms with Crippen molar-refractivity contribution in [3.63, 3.8) is 0 Å². The SMILES string of the molecule is CCOC(=O)Cc1c(Br)cccc1S(=O)(=O)Cl. The van der Waals surface area contributed by atoms with Crippen molar-refractivity contribution in [3.05, 3.63) is 28.2 Å². The van der Waals surface area contributed by atoms with Crippen molar-refractivity contribution in [2.24, 2.45) is 0 Å². The third kappa shape index (κ3) is 3.97. The first kappa shape index (κ1) is 14.5. The fraction of sp³-hybridized carbons (Fsp3) is 0.300. The molecule has 0 heterocycles. The second-order valence-corrected chi connectivity index (χ2v) is 6.52. The van der Waals surface area contributed by atoms with Crippen molar-refractivity contribution in [3.8, 4) is 0 Å². The number of carbonyl (C=O) groups excluding carboxylic acids is 1. The van der Waals surface area contributed by atoms with E-state index in [1.165, 1.54) is 12.1 Å². The van der Waals surface area contributed by atoms with Gasteiger partial charge in [0.05, 0.1) is 17.9 Å². The first-order chi connectivity index (χ1) is 7.86. The van der Waals surface area contributed by atoms with E-state index in [0.29, 0.717) is 10.0 Å². The first-order valence-corrected chi connectivity index (χ1v) is 7.84. The monoisotopic (exact) mass is 340 g/mol. The van der Waals surface area contributed by atoms with E-state index in [2.05, 4.69) is 15.9 Å². The molecule has 17 heavy (non-hydrogen) atoms. The molecule has 0 spiro atoms. The maximum Gasteiger partial charge on any atom is 0.310 e. The van der Waals surface area contributed by atoms with Gasteiger partial charge < -0.3 is 4.74 Å². The molecule has 0 saturated heterocycles. The highest BCUT2D eigenvalue weighted by Crippen LogP contribution is 2.27. The van der Waals surface area contributed by atoms with E-state index in [-0.39, 0.29) is 17.9 Å². The second-order valence-electron chi connectivity index (χ2n) is 3.14. The van der Waals surface area contributed by atoms with Crippen LogP contribution in [0, 0.1) is 0 Å². The largest absolute Gasteiger partial charge is 0.466 e. The Morgan fingerprint density at radius 3 is 2.65 bits per heavy atom. The number of rotatable bonds is 4. The van der Waals surface area contributed by atoms with Crippen LogP contribution in [-0.2, 0) is 25.0 Å².